The average Bonchev–Trinajstić information content (AvgIpc) is 3.25. The van der Waals surface area contributed by atoms with Gasteiger partial charge in [-0.15, -0.1) is 0 Å². The number of hydrogen-bond donors (Lipinski definition) is 2. The number of amides is 1. The first-order valence-corrected chi connectivity index (χ1v) is 12.7. The Morgan fingerprint density at radius 2 is 1.61 bits per heavy atom. The fourth-order valence-electron chi connectivity index (χ4n) is 5.81. The molecular formula is C28H35N3O2. The third-order valence-electron chi connectivity index (χ3n) is 7.59. The lowest BCUT2D eigenvalue weighted by Gasteiger charge is -2.33. The normalized spacial score (nSPS) is 18.9. The molecule has 1 amide bonds. The van der Waals surface area contributed by atoms with Gasteiger partial charge in [0.15, 0.2) is 0 Å². The van der Waals surface area contributed by atoms with Gasteiger partial charge in [-0.3, -0.25) is 4.79 Å². The van der Waals surface area contributed by atoms with Gasteiger partial charge in [0, 0.05) is 11.6 Å². The number of aliphatic hydroxyl groups excluding tert-OH is 1. The molecule has 1 atom stereocenters. The SMILES string of the molecule is O=C(NC1CCCCC1)C(C1CCCCC1)n1c(-c2ccc(CO)cc2)nc2ccccc21. The molecule has 2 aromatic carbocycles. The molecule has 0 spiro atoms. The van der Waals surface area contributed by atoms with Crippen LogP contribution in [0.5, 0.6) is 0 Å². The number of para-hydroxylation sites is 2. The van der Waals surface area contributed by atoms with E-state index in [1.54, 1.807) is 0 Å². The molecule has 0 saturated heterocycles. The summed E-state index contributed by atoms with van der Waals surface area (Å²) < 4.78 is 2.22. The minimum atomic E-state index is -0.257. The Morgan fingerprint density at radius 1 is 0.939 bits per heavy atom. The summed E-state index contributed by atoms with van der Waals surface area (Å²) in [6.07, 6.45) is 11.6. The number of carbonyl (C=O) groups is 1. The standard InChI is InChI=1S/C28H35N3O2/c32-19-20-15-17-22(18-16-20)27-30-24-13-7-8-14-25(24)31(27)26(21-9-3-1-4-10-21)28(33)29-23-11-5-2-6-12-23/h7-8,13-18,21,23,26,32H,1-6,9-12,19H2,(H,29,33). The summed E-state index contributed by atoms with van der Waals surface area (Å²) in [6, 6.07) is 16.1. The van der Waals surface area contributed by atoms with Gasteiger partial charge in [0.2, 0.25) is 5.91 Å². The zero-order chi connectivity index (χ0) is 22.6. The fourth-order valence-corrected chi connectivity index (χ4v) is 5.81. The van der Waals surface area contributed by atoms with Crippen molar-refractivity contribution in [1.29, 1.82) is 0 Å². The lowest BCUT2D eigenvalue weighted by molar-refractivity contribution is -0.127. The van der Waals surface area contributed by atoms with Crippen LogP contribution in [0.2, 0.25) is 0 Å². The highest BCUT2D eigenvalue weighted by Crippen LogP contribution is 2.38. The molecular weight excluding hydrogens is 410 g/mol. The third-order valence-corrected chi connectivity index (χ3v) is 7.59. The first kappa shape index (κ1) is 22.1. The zero-order valence-electron chi connectivity index (χ0n) is 19.4. The third kappa shape index (κ3) is 4.70. The van der Waals surface area contributed by atoms with Gasteiger partial charge in [0.05, 0.1) is 17.6 Å². The maximum absolute atomic E-state index is 13.9. The zero-order valence-corrected chi connectivity index (χ0v) is 19.4. The molecule has 5 nitrogen and oxygen atoms in total. The van der Waals surface area contributed by atoms with E-state index in [0.29, 0.717) is 12.0 Å². The van der Waals surface area contributed by atoms with E-state index in [2.05, 4.69) is 16.0 Å². The van der Waals surface area contributed by atoms with Crippen molar-refractivity contribution in [3.05, 3.63) is 54.1 Å². The lowest BCUT2D eigenvalue weighted by atomic mass is 9.82. The van der Waals surface area contributed by atoms with Gasteiger partial charge in [-0.05, 0) is 49.3 Å². The molecule has 5 heteroatoms. The van der Waals surface area contributed by atoms with E-state index >= 15 is 0 Å². The molecule has 174 valence electrons. The second-order valence-corrected chi connectivity index (χ2v) is 9.84. The van der Waals surface area contributed by atoms with E-state index in [4.69, 9.17) is 4.98 Å². The smallest absolute Gasteiger partial charge is 0.243 e. The highest BCUT2D eigenvalue weighted by atomic mass is 16.3. The molecule has 2 fully saturated rings. The molecule has 2 aliphatic carbocycles. The molecule has 0 aliphatic heterocycles. The second-order valence-electron chi connectivity index (χ2n) is 9.84. The average molecular weight is 446 g/mol. The quantitative estimate of drug-likeness (QED) is 0.506. The summed E-state index contributed by atoms with van der Waals surface area (Å²) in [5, 5.41) is 12.9. The minimum Gasteiger partial charge on any atom is -0.392 e. The van der Waals surface area contributed by atoms with Crippen LogP contribution in [0.15, 0.2) is 48.5 Å². The topological polar surface area (TPSA) is 67.2 Å². The molecule has 1 aromatic heterocycles. The van der Waals surface area contributed by atoms with Gasteiger partial charge in [-0.2, -0.15) is 0 Å². The molecule has 0 bridgehead atoms. The van der Waals surface area contributed by atoms with Crippen LogP contribution >= 0.6 is 0 Å². The van der Waals surface area contributed by atoms with Crippen molar-refractivity contribution in [2.24, 2.45) is 5.92 Å². The second kappa shape index (κ2) is 10.1. The number of hydrogen-bond acceptors (Lipinski definition) is 3. The van der Waals surface area contributed by atoms with Gasteiger partial charge in [-0.1, -0.05) is 74.9 Å². The number of fused-ring (bicyclic) bond motifs is 1. The van der Waals surface area contributed by atoms with Gasteiger partial charge >= 0.3 is 0 Å². The maximum atomic E-state index is 13.9. The monoisotopic (exact) mass is 445 g/mol. The van der Waals surface area contributed by atoms with E-state index in [1.165, 1.54) is 38.5 Å². The van der Waals surface area contributed by atoms with Crippen molar-refractivity contribution >= 4 is 16.9 Å². The first-order chi connectivity index (χ1) is 16.2. The molecule has 2 aliphatic rings. The van der Waals surface area contributed by atoms with Crippen LogP contribution < -0.4 is 5.32 Å². The number of aromatic nitrogens is 2. The summed E-state index contributed by atoms with van der Waals surface area (Å²) >= 11 is 0. The molecule has 5 rings (SSSR count). The Labute approximate surface area is 196 Å². The van der Waals surface area contributed by atoms with Crippen LogP contribution in [0.4, 0.5) is 0 Å². The number of aliphatic hydroxyl groups is 1. The van der Waals surface area contributed by atoms with Crippen molar-refractivity contribution in [3.8, 4) is 11.4 Å². The predicted molar refractivity (Wildman–Crippen MR) is 132 cm³/mol. The number of imidazole rings is 1. The Kier molecular flexibility index (Phi) is 6.77. The molecule has 33 heavy (non-hydrogen) atoms. The van der Waals surface area contributed by atoms with Crippen molar-refractivity contribution in [1.82, 2.24) is 14.9 Å². The first-order valence-electron chi connectivity index (χ1n) is 12.7. The van der Waals surface area contributed by atoms with Gasteiger partial charge < -0.3 is 15.0 Å². The van der Waals surface area contributed by atoms with Crippen molar-refractivity contribution in [3.63, 3.8) is 0 Å². The molecule has 3 aromatic rings. The van der Waals surface area contributed by atoms with Crippen molar-refractivity contribution in [2.45, 2.75) is 82.9 Å². The fraction of sp³-hybridized carbons (Fsp3) is 0.500. The molecule has 2 N–H and O–H groups in total. The number of benzene rings is 2. The van der Waals surface area contributed by atoms with Crippen LogP contribution in [0, 0.1) is 5.92 Å². The number of rotatable bonds is 6. The maximum Gasteiger partial charge on any atom is 0.243 e. The van der Waals surface area contributed by atoms with Crippen LogP contribution in [0.1, 0.15) is 75.8 Å². The number of nitrogens with one attached hydrogen (secondary N) is 1. The van der Waals surface area contributed by atoms with E-state index < -0.39 is 0 Å². The lowest BCUT2D eigenvalue weighted by Crippen LogP contribution is -2.43. The molecule has 1 unspecified atom stereocenters. The predicted octanol–water partition coefficient (Wildman–Crippen LogP) is 5.77. The largest absolute Gasteiger partial charge is 0.392 e. The van der Waals surface area contributed by atoms with Crippen LogP contribution in [0.3, 0.4) is 0 Å². The molecule has 0 radical (unpaired) electrons. The van der Waals surface area contributed by atoms with Crippen LogP contribution in [-0.4, -0.2) is 26.6 Å². The summed E-state index contributed by atoms with van der Waals surface area (Å²) in [5.74, 6) is 1.32. The Balaban J connectivity index is 1.60. The Morgan fingerprint density at radius 3 is 2.30 bits per heavy atom. The molecule has 2 saturated carbocycles. The van der Waals surface area contributed by atoms with Gasteiger partial charge in [0.25, 0.3) is 0 Å². The molecule has 1 heterocycles. The summed E-state index contributed by atoms with van der Waals surface area (Å²) in [5.41, 5.74) is 3.80. The van der Waals surface area contributed by atoms with E-state index in [-0.39, 0.29) is 18.6 Å². The highest BCUT2D eigenvalue weighted by molar-refractivity contribution is 5.87. The summed E-state index contributed by atoms with van der Waals surface area (Å²) in [4.78, 5) is 18.9. The van der Waals surface area contributed by atoms with E-state index in [0.717, 1.165) is 53.7 Å². The van der Waals surface area contributed by atoms with E-state index in [1.807, 2.05) is 42.5 Å². The Hall–Kier alpha value is -2.66. The van der Waals surface area contributed by atoms with Crippen molar-refractivity contribution < 1.29 is 9.90 Å². The van der Waals surface area contributed by atoms with Crippen molar-refractivity contribution in [2.75, 3.05) is 0 Å². The highest BCUT2D eigenvalue weighted by Gasteiger charge is 2.35. The summed E-state index contributed by atoms with van der Waals surface area (Å²) in [6.45, 7) is 0.0190. The van der Waals surface area contributed by atoms with Gasteiger partial charge in [0.1, 0.15) is 11.9 Å². The van der Waals surface area contributed by atoms with Crippen LogP contribution in [0.25, 0.3) is 22.4 Å². The van der Waals surface area contributed by atoms with E-state index in [9.17, 15) is 9.90 Å². The summed E-state index contributed by atoms with van der Waals surface area (Å²) in [7, 11) is 0. The number of carbonyl (C=O) groups excluding carboxylic acids is 1. The minimum absolute atomic E-state index is 0.0190. The number of nitrogens with zero attached hydrogens (tertiary/aromatic N) is 2. The van der Waals surface area contributed by atoms with Crippen LogP contribution in [-0.2, 0) is 11.4 Å². The van der Waals surface area contributed by atoms with Gasteiger partial charge in [-0.25, -0.2) is 4.98 Å². The Bertz CT molecular complexity index is 1080.